The summed E-state index contributed by atoms with van der Waals surface area (Å²) in [6, 6.07) is 4.30. The van der Waals surface area contributed by atoms with Crippen LogP contribution in [0.15, 0.2) is 18.2 Å². The van der Waals surface area contributed by atoms with Crippen molar-refractivity contribution in [2.75, 3.05) is 0 Å². The van der Waals surface area contributed by atoms with Gasteiger partial charge in [0.05, 0.1) is 11.2 Å². The predicted octanol–water partition coefficient (Wildman–Crippen LogP) is 2.11. The molecular formula is C14H16BFO2. The Morgan fingerprint density at radius 1 is 1.17 bits per heavy atom. The van der Waals surface area contributed by atoms with Crippen LogP contribution in [0.3, 0.4) is 0 Å². The zero-order chi connectivity index (χ0) is 13.6. The maximum atomic E-state index is 13.1. The second-order valence-corrected chi connectivity index (χ2v) is 5.46. The lowest BCUT2D eigenvalue weighted by atomic mass is 9.76. The fraction of sp³-hybridized carbons (Fsp3) is 0.429. The fourth-order valence-corrected chi connectivity index (χ4v) is 1.83. The maximum absolute atomic E-state index is 13.1. The van der Waals surface area contributed by atoms with Gasteiger partial charge in [0.25, 0.3) is 0 Å². The lowest BCUT2D eigenvalue weighted by molar-refractivity contribution is 0.00578. The highest BCUT2D eigenvalue weighted by atomic mass is 19.1. The van der Waals surface area contributed by atoms with Gasteiger partial charge in [0, 0.05) is 5.56 Å². The van der Waals surface area contributed by atoms with Crippen molar-refractivity contribution >= 4 is 12.6 Å². The van der Waals surface area contributed by atoms with Crippen LogP contribution < -0.4 is 5.46 Å². The normalized spacial score (nSPS) is 20.8. The summed E-state index contributed by atoms with van der Waals surface area (Å²) in [4.78, 5) is 0. The van der Waals surface area contributed by atoms with Crippen molar-refractivity contribution in [3.05, 3.63) is 29.6 Å². The molecule has 0 amide bonds. The summed E-state index contributed by atoms with van der Waals surface area (Å²) in [5.41, 5.74) is 0.293. The van der Waals surface area contributed by atoms with Crippen molar-refractivity contribution in [3.8, 4) is 12.3 Å². The molecule has 0 aromatic heterocycles. The minimum atomic E-state index is -0.554. The Bertz CT molecular complexity index is 501. The second-order valence-electron chi connectivity index (χ2n) is 5.46. The topological polar surface area (TPSA) is 18.5 Å². The van der Waals surface area contributed by atoms with Crippen molar-refractivity contribution < 1.29 is 13.7 Å². The van der Waals surface area contributed by atoms with Gasteiger partial charge in [-0.1, -0.05) is 12.0 Å². The Morgan fingerprint density at radius 3 is 2.22 bits per heavy atom. The molecule has 0 bridgehead atoms. The van der Waals surface area contributed by atoms with Gasteiger partial charge in [-0.15, -0.1) is 6.42 Å². The van der Waals surface area contributed by atoms with E-state index in [1.54, 1.807) is 6.07 Å². The van der Waals surface area contributed by atoms with Crippen LogP contribution >= 0.6 is 0 Å². The quantitative estimate of drug-likeness (QED) is 0.558. The first kappa shape index (κ1) is 13.1. The minimum Gasteiger partial charge on any atom is -0.399 e. The third kappa shape index (κ3) is 2.05. The molecule has 2 rings (SSSR count). The lowest BCUT2D eigenvalue weighted by Crippen LogP contribution is -2.41. The summed E-state index contributed by atoms with van der Waals surface area (Å²) in [7, 11) is -0.554. The number of rotatable bonds is 1. The van der Waals surface area contributed by atoms with Gasteiger partial charge in [0.2, 0.25) is 0 Å². The number of hydrogen-bond acceptors (Lipinski definition) is 2. The summed E-state index contributed by atoms with van der Waals surface area (Å²) in [6.45, 7) is 7.86. The molecule has 1 aliphatic rings. The van der Waals surface area contributed by atoms with Crippen LogP contribution in [0, 0.1) is 18.2 Å². The first-order valence-electron chi connectivity index (χ1n) is 5.88. The molecule has 0 N–H and O–H groups in total. The van der Waals surface area contributed by atoms with E-state index < -0.39 is 18.3 Å². The van der Waals surface area contributed by atoms with E-state index in [1.165, 1.54) is 12.1 Å². The van der Waals surface area contributed by atoms with E-state index in [4.69, 9.17) is 15.7 Å². The minimum absolute atomic E-state index is 0.358. The standard InChI is InChI=1S/C14H16BFO2/c1-6-10-9-11(16)7-8-12(10)15-17-13(2,3)14(4,5)18-15/h1,7-9H,2-5H3. The van der Waals surface area contributed by atoms with Gasteiger partial charge in [0.1, 0.15) is 5.82 Å². The van der Waals surface area contributed by atoms with Gasteiger partial charge < -0.3 is 9.31 Å². The third-order valence-corrected chi connectivity index (χ3v) is 3.68. The van der Waals surface area contributed by atoms with Gasteiger partial charge in [-0.2, -0.15) is 0 Å². The fourth-order valence-electron chi connectivity index (χ4n) is 1.83. The monoisotopic (exact) mass is 246 g/mol. The van der Waals surface area contributed by atoms with Crippen molar-refractivity contribution in [2.24, 2.45) is 0 Å². The van der Waals surface area contributed by atoms with E-state index in [9.17, 15) is 4.39 Å². The Labute approximate surface area is 108 Å². The summed E-state index contributed by atoms with van der Waals surface area (Å²) in [6.07, 6.45) is 5.39. The molecule has 1 aromatic rings. The van der Waals surface area contributed by atoms with Gasteiger partial charge >= 0.3 is 7.12 Å². The summed E-state index contributed by atoms with van der Waals surface area (Å²) in [5.74, 6) is 2.11. The van der Waals surface area contributed by atoms with Gasteiger partial charge in [-0.05, 0) is 45.3 Å². The molecule has 0 saturated carbocycles. The Balaban J connectivity index is 2.39. The SMILES string of the molecule is C#Cc1cc(F)ccc1B1OC(C)(C)C(C)(C)O1. The average Bonchev–Trinajstić information content (AvgIpc) is 2.47. The van der Waals surface area contributed by atoms with E-state index >= 15 is 0 Å². The zero-order valence-corrected chi connectivity index (χ0v) is 11.1. The Morgan fingerprint density at radius 2 is 1.72 bits per heavy atom. The van der Waals surface area contributed by atoms with Gasteiger partial charge in [0.15, 0.2) is 0 Å². The summed E-state index contributed by atoms with van der Waals surface area (Å²) < 4.78 is 24.9. The molecule has 0 unspecified atom stereocenters. The van der Waals surface area contributed by atoms with Crippen LogP contribution in [0.4, 0.5) is 4.39 Å². The molecule has 2 nitrogen and oxygen atoms in total. The molecule has 1 saturated heterocycles. The van der Waals surface area contributed by atoms with Crippen LogP contribution in [0.1, 0.15) is 33.3 Å². The molecule has 0 aliphatic carbocycles. The first-order chi connectivity index (χ1) is 8.27. The van der Waals surface area contributed by atoms with Crippen molar-refractivity contribution in [1.82, 2.24) is 0 Å². The van der Waals surface area contributed by atoms with Crippen LogP contribution in [0.2, 0.25) is 0 Å². The van der Waals surface area contributed by atoms with Crippen LogP contribution in [-0.4, -0.2) is 18.3 Å². The Kier molecular flexibility index (Phi) is 3.00. The molecule has 1 aliphatic heterocycles. The average molecular weight is 246 g/mol. The smallest absolute Gasteiger partial charge is 0.399 e. The van der Waals surface area contributed by atoms with E-state index in [1.807, 2.05) is 27.7 Å². The van der Waals surface area contributed by atoms with Gasteiger partial charge in [-0.3, -0.25) is 0 Å². The van der Waals surface area contributed by atoms with Gasteiger partial charge in [-0.25, -0.2) is 4.39 Å². The molecule has 0 radical (unpaired) electrons. The highest BCUT2D eigenvalue weighted by Crippen LogP contribution is 2.36. The molecule has 1 fully saturated rings. The highest BCUT2D eigenvalue weighted by Gasteiger charge is 2.52. The van der Waals surface area contributed by atoms with Crippen LogP contribution in [0.25, 0.3) is 0 Å². The molecular weight excluding hydrogens is 230 g/mol. The molecule has 1 heterocycles. The van der Waals surface area contributed by atoms with Crippen molar-refractivity contribution in [2.45, 2.75) is 38.9 Å². The third-order valence-electron chi connectivity index (χ3n) is 3.68. The molecule has 0 spiro atoms. The first-order valence-corrected chi connectivity index (χ1v) is 5.88. The van der Waals surface area contributed by atoms with E-state index in [0.29, 0.717) is 11.0 Å². The lowest BCUT2D eigenvalue weighted by Gasteiger charge is -2.32. The number of benzene rings is 1. The Hall–Kier alpha value is -1.31. The number of halogens is 1. The molecule has 18 heavy (non-hydrogen) atoms. The van der Waals surface area contributed by atoms with Crippen LogP contribution in [0.5, 0.6) is 0 Å². The summed E-state index contributed by atoms with van der Waals surface area (Å²) >= 11 is 0. The molecule has 0 atom stereocenters. The van der Waals surface area contributed by atoms with E-state index in [2.05, 4.69) is 5.92 Å². The maximum Gasteiger partial charge on any atom is 0.496 e. The van der Waals surface area contributed by atoms with Crippen LogP contribution in [-0.2, 0) is 9.31 Å². The zero-order valence-electron chi connectivity index (χ0n) is 11.1. The number of terminal acetylenes is 1. The molecule has 4 heteroatoms. The second kappa shape index (κ2) is 4.12. The van der Waals surface area contributed by atoms with E-state index in [0.717, 1.165) is 0 Å². The highest BCUT2D eigenvalue weighted by molar-refractivity contribution is 6.62. The van der Waals surface area contributed by atoms with E-state index in [-0.39, 0.29) is 5.82 Å². The number of hydrogen-bond donors (Lipinski definition) is 0. The largest absolute Gasteiger partial charge is 0.496 e. The molecule has 94 valence electrons. The predicted molar refractivity (Wildman–Crippen MR) is 70.1 cm³/mol. The summed E-state index contributed by atoms with van der Waals surface area (Å²) in [5, 5.41) is 0. The molecule has 1 aromatic carbocycles. The van der Waals surface area contributed by atoms with Crippen molar-refractivity contribution in [1.29, 1.82) is 0 Å². The van der Waals surface area contributed by atoms with Crippen molar-refractivity contribution in [3.63, 3.8) is 0 Å².